The van der Waals surface area contributed by atoms with E-state index in [0.29, 0.717) is 23.6 Å². The van der Waals surface area contributed by atoms with Crippen LogP contribution in [0.25, 0.3) is 11.1 Å². The molecule has 1 aliphatic rings. The average Bonchev–Trinajstić information content (AvgIpc) is 3.31. The fourth-order valence-corrected chi connectivity index (χ4v) is 4.50. The lowest BCUT2D eigenvalue weighted by Crippen LogP contribution is -2.52. The van der Waals surface area contributed by atoms with E-state index in [-0.39, 0.29) is 31.6 Å². The van der Waals surface area contributed by atoms with Gasteiger partial charge >= 0.3 is 12.1 Å². The summed E-state index contributed by atoms with van der Waals surface area (Å²) in [6.07, 6.45) is 0.446. The second kappa shape index (κ2) is 11.4. The fraction of sp³-hybridized carbons (Fsp3) is 0.444. The predicted octanol–water partition coefficient (Wildman–Crippen LogP) is 4.31. The molecular formula is C27H36N4O5. The van der Waals surface area contributed by atoms with E-state index in [2.05, 4.69) is 36.5 Å². The van der Waals surface area contributed by atoms with Crippen LogP contribution in [0.3, 0.4) is 0 Å². The summed E-state index contributed by atoms with van der Waals surface area (Å²) in [6.45, 7) is 8.08. The third kappa shape index (κ3) is 6.54. The number of likely N-dealkylation sites (tertiary alicyclic amines) is 1. The molecule has 0 aromatic heterocycles. The monoisotopic (exact) mass is 496 g/mol. The summed E-state index contributed by atoms with van der Waals surface area (Å²) in [5.74, 6) is -0.299. The van der Waals surface area contributed by atoms with Gasteiger partial charge in [-0.25, -0.2) is 14.7 Å². The first-order valence-electron chi connectivity index (χ1n) is 12.3. The molecule has 9 heteroatoms. The highest BCUT2D eigenvalue weighted by Crippen LogP contribution is 2.25. The van der Waals surface area contributed by atoms with Crippen molar-refractivity contribution < 1.29 is 24.7 Å². The van der Waals surface area contributed by atoms with Crippen molar-refractivity contribution in [2.45, 2.75) is 52.1 Å². The van der Waals surface area contributed by atoms with Crippen LogP contribution in [-0.2, 0) is 6.42 Å². The van der Waals surface area contributed by atoms with Crippen molar-refractivity contribution in [2.24, 2.45) is 0 Å². The van der Waals surface area contributed by atoms with Crippen molar-refractivity contribution in [3.05, 3.63) is 59.7 Å². The average molecular weight is 497 g/mol. The standard InChI is InChI=1S/C27H36N4O5/c1-5-19-6-8-20(9-7-19)21-10-12-22(13-11-21)24(32)28-15-17-30(36)25(33)29-16-14-23(18-29)31(26(34)35)27(2,3)4/h6-13,23,36H,5,14-18H2,1-4H3,(H,28,32)(H,34,35). The number of nitrogens with zero attached hydrogens (tertiary/aromatic N) is 3. The molecule has 3 rings (SSSR count). The van der Waals surface area contributed by atoms with E-state index in [9.17, 15) is 24.7 Å². The van der Waals surface area contributed by atoms with Crippen LogP contribution in [-0.4, -0.2) is 81.0 Å². The molecule has 2 aromatic carbocycles. The van der Waals surface area contributed by atoms with Gasteiger partial charge in [0.15, 0.2) is 0 Å². The van der Waals surface area contributed by atoms with Crippen LogP contribution in [0.2, 0.25) is 0 Å². The highest BCUT2D eigenvalue weighted by molar-refractivity contribution is 5.94. The molecule has 1 unspecified atom stereocenters. The Bertz CT molecular complexity index is 1060. The second-order valence-electron chi connectivity index (χ2n) is 10.0. The molecule has 0 aliphatic carbocycles. The Labute approximate surface area is 212 Å². The number of hydrogen-bond donors (Lipinski definition) is 3. The van der Waals surface area contributed by atoms with E-state index < -0.39 is 17.7 Å². The van der Waals surface area contributed by atoms with E-state index in [1.165, 1.54) is 15.4 Å². The van der Waals surface area contributed by atoms with E-state index in [1.54, 1.807) is 12.1 Å². The molecule has 1 fully saturated rings. The number of rotatable bonds is 7. The third-order valence-electron chi connectivity index (χ3n) is 6.40. The van der Waals surface area contributed by atoms with Crippen LogP contribution in [0.5, 0.6) is 0 Å². The van der Waals surface area contributed by atoms with E-state index >= 15 is 0 Å². The first-order valence-corrected chi connectivity index (χ1v) is 12.3. The third-order valence-corrected chi connectivity index (χ3v) is 6.40. The van der Waals surface area contributed by atoms with Crippen molar-refractivity contribution in [3.8, 4) is 11.1 Å². The molecular weight excluding hydrogens is 460 g/mol. The Kier molecular flexibility index (Phi) is 8.57. The number of carbonyl (C=O) groups is 3. The first-order chi connectivity index (χ1) is 17.0. The van der Waals surface area contributed by atoms with E-state index in [0.717, 1.165) is 17.5 Å². The minimum absolute atomic E-state index is 0.0712. The maximum absolute atomic E-state index is 12.6. The molecule has 1 heterocycles. The van der Waals surface area contributed by atoms with Crippen LogP contribution in [0, 0.1) is 0 Å². The van der Waals surface area contributed by atoms with Gasteiger partial charge in [-0.15, -0.1) is 0 Å². The number of hydroxylamine groups is 2. The van der Waals surface area contributed by atoms with Gasteiger partial charge in [0.2, 0.25) is 0 Å². The van der Waals surface area contributed by atoms with Crippen molar-refractivity contribution in [1.29, 1.82) is 0 Å². The number of nitrogens with one attached hydrogen (secondary N) is 1. The molecule has 0 spiro atoms. The number of amides is 4. The zero-order chi connectivity index (χ0) is 26.5. The highest BCUT2D eigenvalue weighted by atomic mass is 16.5. The van der Waals surface area contributed by atoms with Gasteiger partial charge in [0.1, 0.15) is 0 Å². The lowest BCUT2D eigenvalue weighted by Gasteiger charge is -2.38. The van der Waals surface area contributed by atoms with Crippen LogP contribution >= 0.6 is 0 Å². The summed E-state index contributed by atoms with van der Waals surface area (Å²) in [5.41, 5.74) is 3.24. The quantitative estimate of drug-likeness (QED) is 0.391. The molecule has 1 aliphatic heterocycles. The molecule has 9 nitrogen and oxygen atoms in total. The Hall–Kier alpha value is -3.59. The number of hydrogen-bond acceptors (Lipinski definition) is 4. The minimum atomic E-state index is -1.03. The van der Waals surface area contributed by atoms with Crippen LogP contribution in [0.1, 0.15) is 50.0 Å². The molecule has 194 valence electrons. The van der Waals surface area contributed by atoms with Crippen LogP contribution in [0.15, 0.2) is 48.5 Å². The minimum Gasteiger partial charge on any atom is -0.465 e. The Morgan fingerprint density at radius 2 is 1.61 bits per heavy atom. The van der Waals surface area contributed by atoms with Gasteiger partial charge in [0, 0.05) is 30.7 Å². The van der Waals surface area contributed by atoms with Gasteiger partial charge < -0.3 is 15.3 Å². The fourth-order valence-electron chi connectivity index (χ4n) is 4.50. The zero-order valence-corrected chi connectivity index (χ0v) is 21.4. The maximum atomic E-state index is 12.6. The molecule has 1 atom stereocenters. The van der Waals surface area contributed by atoms with E-state index in [4.69, 9.17) is 0 Å². The number of aryl methyl sites for hydroxylation is 1. The SMILES string of the molecule is CCc1ccc(-c2ccc(C(=O)NCCN(O)C(=O)N3CCC(N(C(=O)O)C(C)(C)C)C3)cc2)cc1. The lowest BCUT2D eigenvalue weighted by molar-refractivity contribution is -0.0538. The molecule has 3 N–H and O–H groups in total. The summed E-state index contributed by atoms with van der Waals surface area (Å²) < 4.78 is 0. The largest absolute Gasteiger partial charge is 0.465 e. The van der Waals surface area contributed by atoms with Gasteiger partial charge in [-0.1, -0.05) is 43.3 Å². The number of benzene rings is 2. The summed E-state index contributed by atoms with van der Waals surface area (Å²) in [5, 5.41) is 23.1. The zero-order valence-electron chi connectivity index (χ0n) is 21.4. The molecule has 4 amide bonds. The maximum Gasteiger partial charge on any atom is 0.408 e. The molecule has 0 saturated carbocycles. The van der Waals surface area contributed by atoms with Crippen molar-refractivity contribution in [1.82, 2.24) is 20.2 Å². The second-order valence-corrected chi connectivity index (χ2v) is 10.0. The Morgan fingerprint density at radius 1 is 1.03 bits per heavy atom. The summed E-state index contributed by atoms with van der Waals surface area (Å²) in [7, 11) is 0. The van der Waals surface area contributed by atoms with E-state index in [1.807, 2.05) is 32.9 Å². The molecule has 1 saturated heterocycles. The number of urea groups is 1. The summed E-state index contributed by atoms with van der Waals surface area (Å²) >= 11 is 0. The Balaban J connectivity index is 1.48. The van der Waals surface area contributed by atoms with Crippen LogP contribution < -0.4 is 5.32 Å². The topological polar surface area (TPSA) is 113 Å². The molecule has 36 heavy (non-hydrogen) atoms. The molecule has 0 bridgehead atoms. The van der Waals surface area contributed by atoms with Crippen molar-refractivity contribution >= 4 is 18.0 Å². The normalized spacial score (nSPS) is 15.5. The van der Waals surface area contributed by atoms with Crippen LogP contribution in [0.4, 0.5) is 9.59 Å². The lowest BCUT2D eigenvalue weighted by atomic mass is 10.0. The van der Waals surface area contributed by atoms with Crippen molar-refractivity contribution in [3.63, 3.8) is 0 Å². The summed E-state index contributed by atoms with van der Waals surface area (Å²) in [4.78, 5) is 39.6. The smallest absolute Gasteiger partial charge is 0.408 e. The van der Waals surface area contributed by atoms with Crippen molar-refractivity contribution in [2.75, 3.05) is 26.2 Å². The van der Waals surface area contributed by atoms with Gasteiger partial charge in [-0.3, -0.25) is 14.9 Å². The predicted molar refractivity (Wildman–Crippen MR) is 137 cm³/mol. The number of carbonyl (C=O) groups excluding carboxylic acids is 2. The highest BCUT2D eigenvalue weighted by Gasteiger charge is 2.39. The molecule has 0 radical (unpaired) electrons. The van der Waals surface area contributed by atoms with Gasteiger partial charge in [0.05, 0.1) is 12.6 Å². The first kappa shape index (κ1) is 27.0. The van der Waals surface area contributed by atoms with Gasteiger partial charge in [-0.2, -0.15) is 0 Å². The van der Waals surface area contributed by atoms with Gasteiger partial charge in [-0.05, 0) is 62.4 Å². The summed E-state index contributed by atoms with van der Waals surface area (Å²) in [6, 6.07) is 14.6. The number of carboxylic acid groups (broad SMARTS) is 1. The molecule has 2 aromatic rings. The van der Waals surface area contributed by atoms with Gasteiger partial charge in [0.25, 0.3) is 5.91 Å². The Morgan fingerprint density at radius 3 is 2.14 bits per heavy atom.